The van der Waals surface area contributed by atoms with E-state index in [-0.39, 0.29) is 23.4 Å². The SMILES string of the molecule is N#Cc1cc(CO)c(C(F)F)nc1CN. The Kier molecular flexibility index (Phi) is 3.66. The van der Waals surface area contributed by atoms with Crippen molar-refractivity contribution in [3.05, 3.63) is 28.6 Å². The summed E-state index contributed by atoms with van der Waals surface area (Å²) in [7, 11) is 0. The van der Waals surface area contributed by atoms with Gasteiger partial charge in [0.1, 0.15) is 11.8 Å². The monoisotopic (exact) mass is 213 g/mol. The van der Waals surface area contributed by atoms with Gasteiger partial charge >= 0.3 is 0 Å². The third kappa shape index (κ3) is 2.26. The fourth-order valence-corrected chi connectivity index (χ4v) is 1.18. The van der Waals surface area contributed by atoms with E-state index in [1.165, 1.54) is 6.07 Å². The molecule has 0 unspecified atom stereocenters. The molecule has 1 rings (SSSR count). The fraction of sp³-hybridized carbons (Fsp3) is 0.333. The van der Waals surface area contributed by atoms with Crippen LogP contribution >= 0.6 is 0 Å². The summed E-state index contributed by atoms with van der Waals surface area (Å²) in [6, 6.07) is 2.98. The molecule has 15 heavy (non-hydrogen) atoms. The number of hydrogen-bond donors (Lipinski definition) is 2. The second kappa shape index (κ2) is 4.77. The van der Waals surface area contributed by atoms with E-state index in [0.717, 1.165) is 0 Å². The topological polar surface area (TPSA) is 82.9 Å². The number of nitriles is 1. The summed E-state index contributed by atoms with van der Waals surface area (Å²) >= 11 is 0. The molecule has 0 aliphatic heterocycles. The van der Waals surface area contributed by atoms with Crippen molar-refractivity contribution in [3.8, 4) is 6.07 Å². The molecule has 0 bridgehead atoms. The largest absolute Gasteiger partial charge is 0.392 e. The lowest BCUT2D eigenvalue weighted by molar-refractivity contribution is 0.141. The molecule has 0 spiro atoms. The van der Waals surface area contributed by atoms with Crippen LogP contribution in [-0.4, -0.2) is 10.1 Å². The molecule has 0 saturated heterocycles. The fourth-order valence-electron chi connectivity index (χ4n) is 1.18. The van der Waals surface area contributed by atoms with Gasteiger partial charge in [0, 0.05) is 12.1 Å². The number of hydrogen-bond acceptors (Lipinski definition) is 4. The number of aromatic nitrogens is 1. The Morgan fingerprint density at radius 1 is 1.60 bits per heavy atom. The highest BCUT2D eigenvalue weighted by Gasteiger charge is 2.17. The van der Waals surface area contributed by atoms with Gasteiger partial charge < -0.3 is 10.8 Å². The summed E-state index contributed by atoms with van der Waals surface area (Å²) in [4.78, 5) is 3.57. The molecule has 0 amide bonds. The van der Waals surface area contributed by atoms with Crippen LogP contribution in [0.3, 0.4) is 0 Å². The van der Waals surface area contributed by atoms with Crippen molar-refractivity contribution in [2.24, 2.45) is 5.73 Å². The van der Waals surface area contributed by atoms with Crippen molar-refractivity contribution >= 4 is 0 Å². The molecule has 3 N–H and O–H groups in total. The van der Waals surface area contributed by atoms with Gasteiger partial charge in [-0.1, -0.05) is 0 Å². The zero-order valence-electron chi connectivity index (χ0n) is 7.74. The summed E-state index contributed by atoms with van der Waals surface area (Å²) < 4.78 is 24.9. The van der Waals surface area contributed by atoms with Gasteiger partial charge in [0.25, 0.3) is 6.43 Å². The number of aliphatic hydroxyl groups excluding tert-OH is 1. The summed E-state index contributed by atoms with van der Waals surface area (Å²) in [5, 5.41) is 17.5. The summed E-state index contributed by atoms with van der Waals surface area (Å²) in [5.41, 5.74) is 4.94. The van der Waals surface area contributed by atoms with Crippen LogP contribution in [0, 0.1) is 11.3 Å². The zero-order valence-corrected chi connectivity index (χ0v) is 7.74. The van der Waals surface area contributed by atoms with Crippen LogP contribution in [0.2, 0.25) is 0 Å². The minimum absolute atomic E-state index is 0.0428. The Hall–Kier alpha value is -1.58. The average molecular weight is 213 g/mol. The average Bonchev–Trinajstić information content (AvgIpc) is 2.26. The molecule has 0 aliphatic carbocycles. The molecular formula is C9H9F2N3O. The first-order valence-corrected chi connectivity index (χ1v) is 4.15. The second-order valence-corrected chi connectivity index (χ2v) is 2.80. The lowest BCUT2D eigenvalue weighted by Crippen LogP contribution is -2.08. The maximum atomic E-state index is 12.5. The number of alkyl halides is 2. The maximum absolute atomic E-state index is 12.5. The maximum Gasteiger partial charge on any atom is 0.280 e. The molecule has 1 heterocycles. The Balaban J connectivity index is 3.36. The van der Waals surface area contributed by atoms with Crippen LogP contribution in [0.25, 0.3) is 0 Å². The van der Waals surface area contributed by atoms with Gasteiger partial charge in [-0.25, -0.2) is 13.8 Å². The minimum Gasteiger partial charge on any atom is -0.392 e. The van der Waals surface area contributed by atoms with Crippen LogP contribution in [0.5, 0.6) is 0 Å². The van der Waals surface area contributed by atoms with Crippen molar-refractivity contribution in [1.82, 2.24) is 4.98 Å². The smallest absolute Gasteiger partial charge is 0.280 e. The van der Waals surface area contributed by atoms with Gasteiger partial charge in [-0.3, -0.25) is 0 Å². The number of aliphatic hydroxyl groups is 1. The highest BCUT2D eigenvalue weighted by atomic mass is 19.3. The van der Waals surface area contributed by atoms with E-state index in [9.17, 15) is 8.78 Å². The molecule has 80 valence electrons. The molecule has 0 radical (unpaired) electrons. The van der Waals surface area contributed by atoms with Gasteiger partial charge in [0.15, 0.2) is 0 Å². The Bertz CT molecular complexity index is 401. The summed E-state index contributed by atoms with van der Waals surface area (Å²) in [5.74, 6) is 0. The van der Waals surface area contributed by atoms with E-state index in [2.05, 4.69) is 4.98 Å². The van der Waals surface area contributed by atoms with Crippen LogP contribution in [-0.2, 0) is 13.2 Å². The highest BCUT2D eigenvalue weighted by Crippen LogP contribution is 2.23. The number of pyridine rings is 1. The predicted octanol–water partition coefficient (Wildman–Crippen LogP) is 0.842. The van der Waals surface area contributed by atoms with Crippen molar-refractivity contribution in [1.29, 1.82) is 5.26 Å². The van der Waals surface area contributed by atoms with Crippen molar-refractivity contribution in [2.75, 3.05) is 0 Å². The third-order valence-electron chi connectivity index (χ3n) is 1.90. The van der Waals surface area contributed by atoms with E-state index in [4.69, 9.17) is 16.1 Å². The van der Waals surface area contributed by atoms with Crippen LogP contribution in [0.4, 0.5) is 8.78 Å². The first-order valence-electron chi connectivity index (χ1n) is 4.15. The van der Waals surface area contributed by atoms with E-state index >= 15 is 0 Å². The Morgan fingerprint density at radius 2 is 2.27 bits per heavy atom. The highest BCUT2D eigenvalue weighted by molar-refractivity contribution is 5.39. The molecule has 1 aromatic heterocycles. The normalized spacial score (nSPS) is 10.4. The number of halogens is 2. The van der Waals surface area contributed by atoms with Gasteiger partial charge in [-0.05, 0) is 6.07 Å². The quantitative estimate of drug-likeness (QED) is 0.779. The molecular weight excluding hydrogens is 204 g/mol. The van der Waals surface area contributed by atoms with Gasteiger partial charge in [0.2, 0.25) is 0 Å². The predicted molar refractivity (Wildman–Crippen MR) is 47.7 cm³/mol. The van der Waals surface area contributed by atoms with Crippen LogP contribution < -0.4 is 5.73 Å². The Morgan fingerprint density at radius 3 is 2.67 bits per heavy atom. The molecule has 4 nitrogen and oxygen atoms in total. The second-order valence-electron chi connectivity index (χ2n) is 2.80. The number of nitrogens with two attached hydrogens (primary N) is 1. The third-order valence-corrected chi connectivity index (χ3v) is 1.90. The number of nitrogens with zero attached hydrogens (tertiary/aromatic N) is 2. The molecule has 0 aliphatic rings. The van der Waals surface area contributed by atoms with Crippen LogP contribution in [0.1, 0.15) is 28.9 Å². The first-order chi connectivity index (χ1) is 7.13. The lowest BCUT2D eigenvalue weighted by atomic mass is 10.1. The molecule has 6 heteroatoms. The minimum atomic E-state index is -2.79. The van der Waals surface area contributed by atoms with Crippen molar-refractivity contribution in [2.45, 2.75) is 19.6 Å². The van der Waals surface area contributed by atoms with E-state index in [1.807, 2.05) is 0 Å². The summed E-state index contributed by atoms with van der Waals surface area (Å²) in [6.45, 7) is -0.666. The molecule has 0 saturated carbocycles. The van der Waals surface area contributed by atoms with Crippen molar-refractivity contribution in [3.63, 3.8) is 0 Å². The number of rotatable bonds is 3. The van der Waals surface area contributed by atoms with Gasteiger partial charge in [-0.15, -0.1) is 0 Å². The van der Waals surface area contributed by atoms with E-state index in [0.29, 0.717) is 0 Å². The van der Waals surface area contributed by atoms with Gasteiger partial charge in [0.05, 0.1) is 17.9 Å². The molecule has 0 fully saturated rings. The van der Waals surface area contributed by atoms with Crippen LogP contribution in [0.15, 0.2) is 6.07 Å². The van der Waals surface area contributed by atoms with Crippen molar-refractivity contribution < 1.29 is 13.9 Å². The summed E-state index contributed by atoms with van der Waals surface area (Å²) in [6.07, 6.45) is -2.79. The lowest BCUT2D eigenvalue weighted by Gasteiger charge is -2.08. The first kappa shape index (κ1) is 11.5. The molecule has 1 aromatic rings. The van der Waals surface area contributed by atoms with Gasteiger partial charge in [-0.2, -0.15) is 5.26 Å². The van der Waals surface area contributed by atoms with E-state index < -0.39 is 18.7 Å². The molecule has 0 aromatic carbocycles. The van der Waals surface area contributed by atoms with E-state index in [1.54, 1.807) is 6.07 Å². The standard InChI is InChI=1S/C9H9F2N3O/c10-9(11)8-6(4-15)1-5(2-12)7(3-13)14-8/h1,9,15H,3-4,13H2. The zero-order chi connectivity index (χ0) is 11.4. The molecule has 0 atom stereocenters. The Labute approximate surface area is 85.0 Å².